The van der Waals surface area contributed by atoms with Gasteiger partial charge < -0.3 is 15.5 Å². The van der Waals surface area contributed by atoms with Crippen LogP contribution in [0.3, 0.4) is 0 Å². The monoisotopic (exact) mass is 576 g/mol. The van der Waals surface area contributed by atoms with Gasteiger partial charge >= 0.3 is 0 Å². The number of aliphatic hydroxyl groups is 2. The number of halogens is 3. The molecule has 2 bridgehead atoms. The van der Waals surface area contributed by atoms with E-state index in [9.17, 15) is 32.2 Å². The number of fused-ring (bicyclic) bond motifs is 2. The van der Waals surface area contributed by atoms with Crippen LogP contribution < -0.4 is 5.32 Å². The molecule has 3 atom stereocenters. The number of pyridine rings is 1. The maximum absolute atomic E-state index is 13.8. The highest BCUT2D eigenvalue weighted by Crippen LogP contribution is 2.56. The van der Waals surface area contributed by atoms with E-state index >= 15 is 0 Å². The van der Waals surface area contributed by atoms with Gasteiger partial charge in [0, 0.05) is 23.5 Å². The maximum atomic E-state index is 13.8. The van der Waals surface area contributed by atoms with E-state index in [0.717, 1.165) is 17.7 Å². The zero-order valence-electron chi connectivity index (χ0n) is 20.9. The summed E-state index contributed by atoms with van der Waals surface area (Å²) in [6, 6.07) is 10.2. The number of sulfone groups is 1. The topological polar surface area (TPSA) is 117 Å². The van der Waals surface area contributed by atoms with Gasteiger partial charge in [0.2, 0.25) is 0 Å². The summed E-state index contributed by atoms with van der Waals surface area (Å²) in [7, 11) is -4.04. The molecule has 1 amide bonds. The van der Waals surface area contributed by atoms with Gasteiger partial charge in [-0.25, -0.2) is 17.2 Å². The Labute approximate surface area is 229 Å². The van der Waals surface area contributed by atoms with Crippen molar-refractivity contribution in [1.82, 2.24) is 4.98 Å². The quantitative estimate of drug-likeness (QED) is 0.380. The van der Waals surface area contributed by atoms with Crippen molar-refractivity contribution in [2.24, 2.45) is 11.8 Å². The van der Waals surface area contributed by atoms with E-state index < -0.39 is 56.2 Å². The lowest BCUT2D eigenvalue weighted by atomic mass is 9.70. The van der Waals surface area contributed by atoms with Crippen molar-refractivity contribution in [2.45, 2.75) is 54.5 Å². The second kappa shape index (κ2) is 10.2. The van der Waals surface area contributed by atoms with E-state index in [4.69, 9.17) is 11.6 Å². The number of nitrogens with one attached hydrogen (secondary N) is 1. The highest BCUT2D eigenvalue weighted by Gasteiger charge is 2.59. The summed E-state index contributed by atoms with van der Waals surface area (Å²) >= 11 is 6.30. The molecule has 0 aliphatic heterocycles. The molecule has 0 spiro atoms. The number of aliphatic hydroxyl groups excluding tert-OH is 1. The number of carbonyl (C=O) groups excluding carboxylic acids is 1. The Morgan fingerprint density at radius 3 is 2.44 bits per heavy atom. The number of rotatable bonds is 6. The molecule has 2 saturated carbocycles. The lowest BCUT2D eigenvalue weighted by Gasteiger charge is -2.45. The van der Waals surface area contributed by atoms with Gasteiger partial charge in [0.05, 0.1) is 20.9 Å². The van der Waals surface area contributed by atoms with Crippen molar-refractivity contribution < 1.29 is 32.2 Å². The zero-order valence-corrected chi connectivity index (χ0v) is 22.5. The Bertz CT molecular complexity index is 1540. The molecule has 3 aromatic rings. The summed E-state index contributed by atoms with van der Waals surface area (Å²) in [6.07, 6.45) is 1.62. The Kier molecular flexibility index (Phi) is 7.26. The molecule has 5 rings (SSSR count). The van der Waals surface area contributed by atoms with Crippen molar-refractivity contribution in [2.75, 3.05) is 5.32 Å². The third-order valence-corrected chi connectivity index (χ3v) is 10.8. The van der Waals surface area contributed by atoms with Crippen LogP contribution in [0, 0.1) is 30.4 Å². The first-order chi connectivity index (χ1) is 18.4. The lowest BCUT2D eigenvalue weighted by Crippen LogP contribution is -2.52. The second-order valence-corrected chi connectivity index (χ2v) is 12.9. The third-order valence-electron chi connectivity index (χ3n) is 8.13. The molecule has 0 saturated heterocycles. The molecule has 2 fully saturated rings. The molecule has 1 heterocycles. The maximum Gasteiger partial charge on any atom is 0.255 e. The molecule has 2 aliphatic rings. The largest absolute Gasteiger partial charge is 0.386 e. The highest BCUT2D eigenvalue weighted by molar-refractivity contribution is 7.92. The fourth-order valence-electron chi connectivity index (χ4n) is 6.06. The van der Waals surface area contributed by atoms with Gasteiger partial charge in [0.1, 0.15) is 11.7 Å². The number of nitrogens with zero attached hydrogens (tertiary/aromatic N) is 1. The average molecular weight is 577 g/mol. The SMILES string of the molecule is Cc1cccnc1C(O)C1(O)C2CCC1CC(S(=O)(=O)c1cc(C(=O)Nc3ccc(F)c(F)c3)ccc1Cl)C2. The summed E-state index contributed by atoms with van der Waals surface area (Å²) < 4.78 is 54.3. The molecule has 11 heteroatoms. The molecular formula is C28H27ClF2N2O5S. The molecule has 206 valence electrons. The minimum Gasteiger partial charge on any atom is -0.386 e. The van der Waals surface area contributed by atoms with Crippen LogP contribution in [0.2, 0.25) is 5.02 Å². The molecule has 1 aromatic heterocycles. The number of hydrogen-bond donors (Lipinski definition) is 3. The number of aromatic nitrogens is 1. The van der Waals surface area contributed by atoms with Crippen molar-refractivity contribution in [3.63, 3.8) is 0 Å². The van der Waals surface area contributed by atoms with Crippen LogP contribution in [0.1, 0.15) is 53.4 Å². The van der Waals surface area contributed by atoms with E-state index in [1.807, 2.05) is 0 Å². The van der Waals surface area contributed by atoms with Gasteiger partial charge in [-0.15, -0.1) is 0 Å². The van der Waals surface area contributed by atoms with Gasteiger partial charge in [-0.05, 0) is 86.4 Å². The minimum absolute atomic E-state index is 0.00287. The van der Waals surface area contributed by atoms with Crippen molar-refractivity contribution in [3.8, 4) is 0 Å². The van der Waals surface area contributed by atoms with Crippen LogP contribution in [0.15, 0.2) is 59.6 Å². The Morgan fingerprint density at radius 1 is 1.10 bits per heavy atom. The van der Waals surface area contributed by atoms with E-state index in [2.05, 4.69) is 10.3 Å². The van der Waals surface area contributed by atoms with E-state index in [1.54, 1.807) is 25.3 Å². The normalized spacial score (nSPS) is 25.3. The number of aryl methyl sites for hydroxylation is 1. The zero-order chi connectivity index (χ0) is 28.1. The van der Waals surface area contributed by atoms with Crippen molar-refractivity contribution in [3.05, 3.63) is 88.2 Å². The first kappa shape index (κ1) is 27.6. The Hall–Kier alpha value is -2.92. The summed E-state index contributed by atoms with van der Waals surface area (Å²) in [5, 5.41) is 24.4. The summed E-state index contributed by atoms with van der Waals surface area (Å²) in [5.41, 5.74) is -0.429. The molecule has 2 aliphatic carbocycles. The molecule has 0 radical (unpaired) electrons. The third kappa shape index (κ3) is 4.84. The fourth-order valence-corrected chi connectivity index (χ4v) is 8.47. The number of benzene rings is 2. The summed E-state index contributed by atoms with van der Waals surface area (Å²) in [5.74, 6) is -3.88. The molecular weight excluding hydrogens is 550 g/mol. The predicted octanol–water partition coefficient (Wildman–Crippen LogP) is 5.00. The molecule has 39 heavy (non-hydrogen) atoms. The number of anilines is 1. The van der Waals surface area contributed by atoms with Gasteiger partial charge in [0.15, 0.2) is 21.5 Å². The van der Waals surface area contributed by atoms with Crippen LogP contribution in [0.5, 0.6) is 0 Å². The van der Waals surface area contributed by atoms with E-state index in [-0.39, 0.29) is 34.0 Å². The molecule has 3 N–H and O–H groups in total. The molecule has 3 unspecified atom stereocenters. The van der Waals surface area contributed by atoms with E-state index in [0.29, 0.717) is 18.5 Å². The lowest BCUT2D eigenvalue weighted by molar-refractivity contribution is -0.146. The second-order valence-electron chi connectivity index (χ2n) is 10.3. The van der Waals surface area contributed by atoms with Crippen LogP contribution in [0.4, 0.5) is 14.5 Å². The van der Waals surface area contributed by atoms with Crippen LogP contribution in [0.25, 0.3) is 0 Å². The fraction of sp³-hybridized carbons (Fsp3) is 0.357. The summed E-state index contributed by atoms with van der Waals surface area (Å²) in [4.78, 5) is 16.8. The molecule has 7 nitrogen and oxygen atoms in total. The Morgan fingerprint density at radius 2 is 1.79 bits per heavy atom. The Balaban J connectivity index is 1.39. The van der Waals surface area contributed by atoms with Crippen LogP contribution in [-0.4, -0.2) is 40.4 Å². The van der Waals surface area contributed by atoms with Crippen LogP contribution in [-0.2, 0) is 9.84 Å². The number of carbonyl (C=O) groups is 1. The van der Waals surface area contributed by atoms with Gasteiger partial charge in [-0.3, -0.25) is 9.78 Å². The van der Waals surface area contributed by atoms with Crippen molar-refractivity contribution >= 4 is 33.0 Å². The number of amides is 1. The highest BCUT2D eigenvalue weighted by atomic mass is 35.5. The molecule has 2 aromatic carbocycles. The van der Waals surface area contributed by atoms with Crippen LogP contribution >= 0.6 is 11.6 Å². The van der Waals surface area contributed by atoms with Gasteiger partial charge in [-0.1, -0.05) is 17.7 Å². The van der Waals surface area contributed by atoms with Gasteiger partial charge in [0.25, 0.3) is 5.91 Å². The first-order valence-electron chi connectivity index (χ1n) is 12.5. The van der Waals surface area contributed by atoms with Gasteiger partial charge in [-0.2, -0.15) is 0 Å². The van der Waals surface area contributed by atoms with Crippen molar-refractivity contribution in [1.29, 1.82) is 0 Å². The summed E-state index contributed by atoms with van der Waals surface area (Å²) in [6.45, 7) is 1.80. The average Bonchev–Trinajstić information content (AvgIpc) is 3.06. The smallest absolute Gasteiger partial charge is 0.255 e. The minimum atomic E-state index is -4.04. The number of hydrogen-bond acceptors (Lipinski definition) is 6. The first-order valence-corrected chi connectivity index (χ1v) is 14.5. The standard InChI is InChI=1S/C28H27ClF2N2O5S/c1-15-3-2-10-32-25(15)26(34)28(36)17-5-6-18(28)13-20(12-17)39(37,38)24-11-16(4-8-21(24)29)27(35)33-19-7-9-22(30)23(31)14-19/h2-4,7-11,14,17-18,20,26,34,36H,5-6,12-13H2,1H3,(H,33,35). The van der Waals surface area contributed by atoms with E-state index in [1.165, 1.54) is 24.3 Å². The predicted molar refractivity (Wildman–Crippen MR) is 141 cm³/mol.